The van der Waals surface area contributed by atoms with Crippen molar-refractivity contribution in [1.29, 1.82) is 0 Å². The van der Waals surface area contributed by atoms with E-state index in [1.165, 1.54) is 24.3 Å². The highest BCUT2D eigenvalue weighted by molar-refractivity contribution is 5.94. The lowest BCUT2D eigenvalue weighted by Crippen LogP contribution is -2.23. The quantitative estimate of drug-likeness (QED) is 0.899. The van der Waals surface area contributed by atoms with Crippen LogP contribution in [0, 0.1) is 12.7 Å². The molecule has 1 aromatic carbocycles. The van der Waals surface area contributed by atoms with E-state index in [4.69, 9.17) is 9.52 Å². The number of carboxylic acid groups (broad SMARTS) is 1. The number of benzene rings is 1. The Morgan fingerprint density at radius 2 is 2.05 bits per heavy atom. The van der Waals surface area contributed by atoms with Crippen LogP contribution in [-0.4, -0.2) is 17.0 Å². The number of amides is 1. The van der Waals surface area contributed by atoms with Gasteiger partial charge in [-0.2, -0.15) is 0 Å². The summed E-state index contributed by atoms with van der Waals surface area (Å²) < 4.78 is 18.5. The Morgan fingerprint density at radius 3 is 2.65 bits per heavy atom. The van der Waals surface area contributed by atoms with E-state index in [0.29, 0.717) is 0 Å². The first-order valence-electron chi connectivity index (χ1n) is 5.83. The molecule has 0 radical (unpaired) electrons. The number of carbonyl (C=O) groups is 2. The smallest absolute Gasteiger partial charge is 0.371 e. The van der Waals surface area contributed by atoms with E-state index in [9.17, 15) is 14.0 Å². The van der Waals surface area contributed by atoms with Gasteiger partial charge in [0.1, 0.15) is 11.6 Å². The maximum absolute atomic E-state index is 13.6. The fourth-order valence-corrected chi connectivity index (χ4v) is 1.65. The molecule has 0 aliphatic heterocycles. The van der Waals surface area contributed by atoms with Gasteiger partial charge in [0.25, 0.3) is 5.91 Å². The SMILES string of the molecule is Cc1ccc(C(=O)NCc2ccc(C(=O)O)o2)c(F)c1. The monoisotopic (exact) mass is 277 g/mol. The predicted molar refractivity (Wildman–Crippen MR) is 68.0 cm³/mol. The molecular weight excluding hydrogens is 265 g/mol. The Balaban J connectivity index is 2.02. The zero-order chi connectivity index (χ0) is 14.7. The van der Waals surface area contributed by atoms with Crippen LogP contribution in [-0.2, 0) is 6.54 Å². The van der Waals surface area contributed by atoms with Crippen molar-refractivity contribution in [2.75, 3.05) is 0 Å². The van der Waals surface area contributed by atoms with Crippen LogP contribution in [0.15, 0.2) is 34.7 Å². The summed E-state index contributed by atoms with van der Waals surface area (Å²) in [6.45, 7) is 1.71. The molecule has 1 heterocycles. The van der Waals surface area contributed by atoms with Crippen LogP contribution < -0.4 is 5.32 Å². The van der Waals surface area contributed by atoms with Gasteiger partial charge in [0.2, 0.25) is 5.76 Å². The van der Waals surface area contributed by atoms with Gasteiger partial charge in [-0.05, 0) is 36.8 Å². The van der Waals surface area contributed by atoms with Gasteiger partial charge in [-0.15, -0.1) is 0 Å². The first-order chi connectivity index (χ1) is 9.47. The van der Waals surface area contributed by atoms with Crippen LogP contribution in [0.2, 0.25) is 0 Å². The van der Waals surface area contributed by atoms with Crippen LogP contribution in [0.1, 0.15) is 32.2 Å². The maximum atomic E-state index is 13.6. The van der Waals surface area contributed by atoms with E-state index in [1.807, 2.05) is 0 Å². The van der Waals surface area contributed by atoms with E-state index in [2.05, 4.69) is 5.32 Å². The summed E-state index contributed by atoms with van der Waals surface area (Å²) >= 11 is 0. The number of furan rings is 1. The van der Waals surface area contributed by atoms with Gasteiger partial charge in [0.15, 0.2) is 0 Å². The first kappa shape index (κ1) is 13.8. The van der Waals surface area contributed by atoms with Gasteiger partial charge in [-0.3, -0.25) is 4.79 Å². The molecule has 0 aliphatic rings. The Labute approximate surface area is 114 Å². The highest BCUT2D eigenvalue weighted by Crippen LogP contribution is 2.11. The maximum Gasteiger partial charge on any atom is 0.371 e. The number of rotatable bonds is 4. The number of halogens is 1. The lowest BCUT2D eigenvalue weighted by atomic mass is 10.1. The van der Waals surface area contributed by atoms with Crippen molar-refractivity contribution < 1.29 is 23.5 Å². The molecule has 2 aromatic rings. The molecule has 1 aromatic heterocycles. The number of aromatic carboxylic acids is 1. The fourth-order valence-electron chi connectivity index (χ4n) is 1.65. The lowest BCUT2D eigenvalue weighted by Gasteiger charge is -2.05. The standard InChI is InChI=1S/C14H12FNO4/c1-8-2-4-10(11(15)6-8)13(17)16-7-9-3-5-12(20-9)14(18)19/h2-6H,7H2,1H3,(H,16,17)(H,18,19). The molecule has 104 valence electrons. The third-order valence-electron chi connectivity index (χ3n) is 2.66. The average molecular weight is 277 g/mol. The molecule has 2 N–H and O–H groups in total. The van der Waals surface area contributed by atoms with Crippen molar-refractivity contribution >= 4 is 11.9 Å². The summed E-state index contributed by atoms with van der Waals surface area (Å²) in [7, 11) is 0. The minimum absolute atomic E-state index is 0.0145. The molecule has 0 fully saturated rings. The molecule has 0 bridgehead atoms. The van der Waals surface area contributed by atoms with Crippen molar-refractivity contribution in [2.24, 2.45) is 0 Å². The van der Waals surface area contributed by atoms with E-state index >= 15 is 0 Å². The van der Waals surface area contributed by atoms with Crippen molar-refractivity contribution in [3.8, 4) is 0 Å². The average Bonchev–Trinajstić information content (AvgIpc) is 2.85. The van der Waals surface area contributed by atoms with E-state index in [-0.39, 0.29) is 23.6 Å². The predicted octanol–water partition coefficient (Wildman–Crippen LogP) is 2.36. The third-order valence-corrected chi connectivity index (χ3v) is 2.66. The van der Waals surface area contributed by atoms with Gasteiger partial charge in [-0.1, -0.05) is 6.07 Å². The normalized spacial score (nSPS) is 10.3. The number of carbonyl (C=O) groups excluding carboxylic acids is 1. The summed E-state index contributed by atoms with van der Waals surface area (Å²) in [5.41, 5.74) is 0.650. The van der Waals surface area contributed by atoms with Crippen molar-refractivity contribution in [2.45, 2.75) is 13.5 Å². The fraction of sp³-hybridized carbons (Fsp3) is 0.143. The molecule has 0 spiro atoms. The van der Waals surface area contributed by atoms with Crippen molar-refractivity contribution in [3.63, 3.8) is 0 Å². The van der Waals surface area contributed by atoms with E-state index < -0.39 is 17.7 Å². The summed E-state index contributed by atoms with van der Waals surface area (Å²) in [4.78, 5) is 22.4. The van der Waals surface area contributed by atoms with Crippen LogP contribution >= 0.6 is 0 Å². The first-order valence-corrected chi connectivity index (χ1v) is 5.83. The van der Waals surface area contributed by atoms with Gasteiger partial charge >= 0.3 is 5.97 Å². The molecular formula is C14H12FNO4. The molecule has 0 saturated carbocycles. The Morgan fingerprint density at radius 1 is 1.30 bits per heavy atom. The molecule has 0 aliphatic carbocycles. The molecule has 20 heavy (non-hydrogen) atoms. The van der Waals surface area contributed by atoms with E-state index in [0.717, 1.165) is 5.56 Å². The molecule has 0 saturated heterocycles. The molecule has 0 atom stereocenters. The number of nitrogens with one attached hydrogen (secondary N) is 1. The summed E-state index contributed by atoms with van der Waals surface area (Å²) in [6.07, 6.45) is 0. The number of hydrogen-bond acceptors (Lipinski definition) is 3. The van der Waals surface area contributed by atoms with Crippen molar-refractivity contribution in [3.05, 3.63) is 58.8 Å². The largest absolute Gasteiger partial charge is 0.475 e. The van der Waals surface area contributed by atoms with Crippen LogP contribution in [0.5, 0.6) is 0 Å². The van der Waals surface area contributed by atoms with Crippen LogP contribution in [0.3, 0.4) is 0 Å². The lowest BCUT2D eigenvalue weighted by molar-refractivity contribution is 0.0660. The molecule has 0 unspecified atom stereocenters. The number of aryl methyl sites for hydroxylation is 1. The topological polar surface area (TPSA) is 79.5 Å². The van der Waals surface area contributed by atoms with Gasteiger partial charge in [-0.25, -0.2) is 9.18 Å². The molecule has 5 nitrogen and oxygen atoms in total. The second-order valence-electron chi connectivity index (χ2n) is 4.24. The highest BCUT2D eigenvalue weighted by Gasteiger charge is 2.13. The number of carboxylic acids is 1. The Kier molecular flexibility index (Phi) is 3.84. The van der Waals surface area contributed by atoms with Gasteiger partial charge in [0, 0.05) is 0 Å². The summed E-state index contributed by atoms with van der Waals surface area (Å²) in [5, 5.41) is 11.1. The molecule has 6 heteroatoms. The minimum Gasteiger partial charge on any atom is -0.475 e. The molecule has 1 amide bonds. The molecule has 2 rings (SSSR count). The number of hydrogen-bond donors (Lipinski definition) is 2. The van der Waals surface area contributed by atoms with Crippen LogP contribution in [0.4, 0.5) is 4.39 Å². The highest BCUT2D eigenvalue weighted by atomic mass is 19.1. The second-order valence-corrected chi connectivity index (χ2v) is 4.24. The zero-order valence-electron chi connectivity index (χ0n) is 10.6. The summed E-state index contributed by atoms with van der Waals surface area (Å²) in [6, 6.07) is 7.02. The minimum atomic E-state index is -1.19. The second kappa shape index (κ2) is 5.56. The van der Waals surface area contributed by atoms with Crippen molar-refractivity contribution in [1.82, 2.24) is 5.32 Å². The summed E-state index contributed by atoms with van der Waals surface area (Å²) in [5.74, 6) is -2.31. The Bertz CT molecular complexity index is 663. The third kappa shape index (κ3) is 3.03. The van der Waals surface area contributed by atoms with E-state index in [1.54, 1.807) is 13.0 Å². The Hall–Kier alpha value is -2.63. The zero-order valence-corrected chi connectivity index (χ0v) is 10.6. The van der Waals surface area contributed by atoms with Gasteiger partial charge < -0.3 is 14.8 Å². The van der Waals surface area contributed by atoms with Gasteiger partial charge in [0.05, 0.1) is 12.1 Å². The van der Waals surface area contributed by atoms with Crippen LogP contribution in [0.25, 0.3) is 0 Å².